The highest BCUT2D eigenvalue weighted by Crippen LogP contribution is 2.24. The zero-order chi connectivity index (χ0) is 13.1. The Labute approximate surface area is 118 Å². The summed E-state index contributed by atoms with van der Waals surface area (Å²) in [7, 11) is 0. The molecule has 0 radical (unpaired) electrons. The molecule has 0 aromatic carbocycles. The Morgan fingerprint density at radius 2 is 2.37 bits per heavy atom. The normalized spacial score (nSPS) is 22.8. The molecule has 4 nitrogen and oxygen atoms in total. The fraction of sp³-hybridized carbons (Fsp3) is 0.538. The molecule has 106 valence electrons. The topological polar surface area (TPSA) is 59.2 Å². The standard InChI is InChI=1S/C13H18FN3O.ClH/c1-9-3-2-6-17(11(9)8-15)13(18)10-4-5-16-12(14)7-10;/h4-5,7,9,11H,2-3,6,8,15H2,1H3;1H. The van der Waals surface area contributed by atoms with Crippen LogP contribution in [0, 0.1) is 11.9 Å². The summed E-state index contributed by atoms with van der Waals surface area (Å²) in [5.41, 5.74) is 6.09. The lowest BCUT2D eigenvalue weighted by Crippen LogP contribution is -2.51. The van der Waals surface area contributed by atoms with Gasteiger partial charge in [-0.1, -0.05) is 6.92 Å². The minimum Gasteiger partial charge on any atom is -0.334 e. The van der Waals surface area contributed by atoms with Crippen molar-refractivity contribution in [3.8, 4) is 0 Å². The average Bonchev–Trinajstić information content (AvgIpc) is 2.37. The van der Waals surface area contributed by atoms with Gasteiger partial charge in [0.2, 0.25) is 5.95 Å². The number of hydrogen-bond acceptors (Lipinski definition) is 3. The number of piperidine rings is 1. The maximum Gasteiger partial charge on any atom is 0.254 e. The molecule has 6 heteroatoms. The van der Waals surface area contributed by atoms with E-state index in [1.807, 2.05) is 0 Å². The van der Waals surface area contributed by atoms with E-state index in [1.165, 1.54) is 18.3 Å². The maximum absolute atomic E-state index is 13.0. The third kappa shape index (κ3) is 3.42. The molecule has 2 atom stereocenters. The molecule has 2 heterocycles. The van der Waals surface area contributed by atoms with Gasteiger partial charge in [0.15, 0.2) is 0 Å². The first-order valence-corrected chi connectivity index (χ1v) is 6.26. The van der Waals surface area contributed by atoms with Gasteiger partial charge in [-0.15, -0.1) is 12.4 Å². The van der Waals surface area contributed by atoms with Gasteiger partial charge in [0, 0.05) is 37.0 Å². The van der Waals surface area contributed by atoms with Crippen molar-refractivity contribution in [1.82, 2.24) is 9.88 Å². The molecule has 0 saturated carbocycles. The number of pyridine rings is 1. The van der Waals surface area contributed by atoms with Crippen LogP contribution in [0.25, 0.3) is 0 Å². The van der Waals surface area contributed by atoms with E-state index in [4.69, 9.17) is 5.73 Å². The number of amides is 1. The number of likely N-dealkylation sites (tertiary alicyclic amines) is 1. The van der Waals surface area contributed by atoms with Gasteiger partial charge in [0.05, 0.1) is 0 Å². The van der Waals surface area contributed by atoms with Crippen LogP contribution in [0.2, 0.25) is 0 Å². The molecule has 0 spiro atoms. The van der Waals surface area contributed by atoms with E-state index < -0.39 is 5.95 Å². The predicted octanol–water partition coefficient (Wildman–Crippen LogP) is 1.84. The minimum absolute atomic E-state index is 0. The van der Waals surface area contributed by atoms with E-state index in [1.54, 1.807) is 4.90 Å². The first-order valence-electron chi connectivity index (χ1n) is 6.26. The van der Waals surface area contributed by atoms with Gasteiger partial charge in [-0.25, -0.2) is 4.98 Å². The fourth-order valence-electron chi connectivity index (χ4n) is 2.56. The van der Waals surface area contributed by atoms with E-state index in [-0.39, 0.29) is 24.4 Å². The van der Waals surface area contributed by atoms with Gasteiger partial charge >= 0.3 is 0 Å². The second-order valence-electron chi connectivity index (χ2n) is 4.79. The Bertz CT molecular complexity index is 444. The summed E-state index contributed by atoms with van der Waals surface area (Å²) in [5, 5.41) is 0. The molecule has 0 aliphatic carbocycles. The highest BCUT2D eigenvalue weighted by molar-refractivity contribution is 5.94. The molecule has 1 amide bonds. The second kappa shape index (κ2) is 6.82. The van der Waals surface area contributed by atoms with Crippen molar-refractivity contribution < 1.29 is 9.18 Å². The predicted molar refractivity (Wildman–Crippen MR) is 73.7 cm³/mol. The first-order chi connectivity index (χ1) is 8.63. The quantitative estimate of drug-likeness (QED) is 0.845. The van der Waals surface area contributed by atoms with Crippen LogP contribution >= 0.6 is 12.4 Å². The lowest BCUT2D eigenvalue weighted by molar-refractivity contribution is 0.0532. The molecule has 2 N–H and O–H groups in total. The molecule has 1 saturated heterocycles. The second-order valence-corrected chi connectivity index (χ2v) is 4.79. The third-order valence-corrected chi connectivity index (χ3v) is 3.59. The Balaban J connectivity index is 0.00000180. The van der Waals surface area contributed by atoms with Gasteiger partial charge in [0.1, 0.15) is 0 Å². The largest absolute Gasteiger partial charge is 0.334 e. The van der Waals surface area contributed by atoms with Gasteiger partial charge in [-0.05, 0) is 24.8 Å². The summed E-state index contributed by atoms with van der Waals surface area (Å²) in [5.74, 6) is -0.395. The monoisotopic (exact) mass is 287 g/mol. The molecule has 1 aromatic rings. The van der Waals surface area contributed by atoms with Crippen LogP contribution in [0.15, 0.2) is 18.3 Å². The molecule has 1 aliphatic heterocycles. The number of rotatable bonds is 2. The van der Waals surface area contributed by atoms with Crippen molar-refractivity contribution in [3.05, 3.63) is 29.8 Å². The van der Waals surface area contributed by atoms with Crippen LogP contribution in [0.4, 0.5) is 4.39 Å². The van der Waals surface area contributed by atoms with Crippen molar-refractivity contribution in [1.29, 1.82) is 0 Å². The van der Waals surface area contributed by atoms with Crippen LogP contribution in [0.1, 0.15) is 30.1 Å². The van der Waals surface area contributed by atoms with Gasteiger partial charge < -0.3 is 10.6 Å². The van der Waals surface area contributed by atoms with Crippen molar-refractivity contribution in [2.24, 2.45) is 11.7 Å². The van der Waals surface area contributed by atoms with Crippen LogP contribution < -0.4 is 5.73 Å². The summed E-state index contributed by atoms with van der Waals surface area (Å²) in [6, 6.07) is 2.76. The molecule has 1 aromatic heterocycles. The average molecular weight is 288 g/mol. The number of nitrogens with zero attached hydrogens (tertiary/aromatic N) is 2. The van der Waals surface area contributed by atoms with Crippen molar-refractivity contribution in [3.63, 3.8) is 0 Å². The van der Waals surface area contributed by atoms with Crippen molar-refractivity contribution in [2.45, 2.75) is 25.8 Å². The van der Waals surface area contributed by atoms with Crippen LogP contribution in [-0.4, -0.2) is 34.9 Å². The molecular formula is C13H19ClFN3O. The first kappa shape index (κ1) is 15.9. The molecular weight excluding hydrogens is 269 g/mol. The zero-order valence-electron chi connectivity index (χ0n) is 10.9. The zero-order valence-corrected chi connectivity index (χ0v) is 11.7. The number of aromatic nitrogens is 1. The van der Waals surface area contributed by atoms with E-state index in [9.17, 15) is 9.18 Å². The molecule has 0 bridgehead atoms. The number of halogens is 2. The van der Waals surface area contributed by atoms with Crippen molar-refractivity contribution in [2.75, 3.05) is 13.1 Å². The van der Waals surface area contributed by atoms with Gasteiger partial charge in [-0.3, -0.25) is 4.79 Å². The summed E-state index contributed by atoms with van der Waals surface area (Å²) >= 11 is 0. The van der Waals surface area contributed by atoms with Gasteiger partial charge in [0.25, 0.3) is 5.91 Å². The molecule has 1 fully saturated rings. The Kier molecular flexibility index (Phi) is 5.69. The van der Waals surface area contributed by atoms with E-state index in [0.29, 0.717) is 24.6 Å². The molecule has 19 heavy (non-hydrogen) atoms. The van der Waals surface area contributed by atoms with Crippen molar-refractivity contribution >= 4 is 18.3 Å². The Hall–Kier alpha value is -1.20. The lowest BCUT2D eigenvalue weighted by Gasteiger charge is -2.39. The SMILES string of the molecule is CC1CCCN(C(=O)c2ccnc(F)c2)C1CN.Cl. The summed E-state index contributed by atoms with van der Waals surface area (Å²) in [6.45, 7) is 3.24. The maximum atomic E-state index is 13.0. The summed E-state index contributed by atoms with van der Waals surface area (Å²) in [6.07, 6.45) is 3.36. The minimum atomic E-state index is -0.629. The number of carbonyl (C=O) groups excluding carboxylic acids is 1. The number of hydrogen-bond donors (Lipinski definition) is 1. The van der Waals surface area contributed by atoms with Crippen LogP contribution in [-0.2, 0) is 0 Å². The van der Waals surface area contributed by atoms with E-state index in [2.05, 4.69) is 11.9 Å². The Morgan fingerprint density at radius 1 is 1.63 bits per heavy atom. The highest BCUT2D eigenvalue weighted by Gasteiger charge is 2.31. The third-order valence-electron chi connectivity index (χ3n) is 3.59. The smallest absolute Gasteiger partial charge is 0.254 e. The molecule has 2 unspecified atom stereocenters. The highest BCUT2D eigenvalue weighted by atomic mass is 35.5. The van der Waals surface area contributed by atoms with Crippen LogP contribution in [0.3, 0.4) is 0 Å². The molecule has 1 aliphatic rings. The number of nitrogens with two attached hydrogens (primary N) is 1. The Morgan fingerprint density at radius 3 is 3.00 bits per heavy atom. The molecule has 2 rings (SSSR count). The number of carbonyl (C=O) groups is 1. The lowest BCUT2D eigenvalue weighted by atomic mass is 9.90. The summed E-state index contributed by atoms with van der Waals surface area (Å²) < 4.78 is 13.0. The summed E-state index contributed by atoms with van der Waals surface area (Å²) in [4.78, 5) is 17.6. The fourth-order valence-corrected chi connectivity index (χ4v) is 2.56. The van der Waals surface area contributed by atoms with Crippen LogP contribution in [0.5, 0.6) is 0 Å². The van der Waals surface area contributed by atoms with E-state index >= 15 is 0 Å². The van der Waals surface area contributed by atoms with Gasteiger partial charge in [-0.2, -0.15) is 4.39 Å². The van der Waals surface area contributed by atoms with E-state index in [0.717, 1.165) is 12.8 Å².